The van der Waals surface area contributed by atoms with Crippen molar-refractivity contribution in [2.24, 2.45) is 0 Å². The third-order valence-corrected chi connectivity index (χ3v) is 3.28. The molecule has 0 radical (unpaired) electrons. The fourth-order valence-electron chi connectivity index (χ4n) is 2.34. The molecule has 2 aliphatic rings. The molecular weight excluding hydrogens is 254 g/mol. The Morgan fingerprint density at radius 3 is 2.89 bits per heavy atom. The maximum Gasteiger partial charge on any atom is 0.334 e. The number of carbonyl (C=O) groups excluding carboxylic acids is 2. The molecule has 0 aromatic carbocycles. The largest absolute Gasteiger partial charge is 0.501 e. The first kappa shape index (κ1) is 13.4. The van der Waals surface area contributed by atoms with Crippen molar-refractivity contribution in [2.45, 2.75) is 31.4 Å². The normalized spacial score (nSPS) is 26.7. The number of rotatable bonds is 3. The second-order valence-corrected chi connectivity index (χ2v) is 4.47. The Balaban J connectivity index is 2.10. The van der Waals surface area contributed by atoms with E-state index >= 15 is 0 Å². The zero-order valence-corrected chi connectivity index (χ0v) is 10.5. The predicted molar refractivity (Wildman–Crippen MR) is 62.0 cm³/mol. The van der Waals surface area contributed by atoms with E-state index in [4.69, 9.17) is 14.6 Å². The summed E-state index contributed by atoms with van der Waals surface area (Å²) in [7, 11) is 1.40. The van der Waals surface area contributed by atoms with Crippen molar-refractivity contribution in [3.63, 3.8) is 0 Å². The van der Waals surface area contributed by atoms with E-state index in [9.17, 15) is 14.4 Å². The molecule has 2 rings (SSSR count). The summed E-state index contributed by atoms with van der Waals surface area (Å²) < 4.78 is 9.89. The lowest BCUT2D eigenvalue weighted by atomic mass is 10.1. The van der Waals surface area contributed by atoms with Crippen LogP contribution >= 0.6 is 0 Å². The number of esters is 1. The van der Waals surface area contributed by atoms with Crippen molar-refractivity contribution in [3.05, 3.63) is 11.8 Å². The van der Waals surface area contributed by atoms with Crippen LogP contribution in [-0.2, 0) is 23.9 Å². The maximum absolute atomic E-state index is 12.2. The van der Waals surface area contributed by atoms with Crippen molar-refractivity contribution < 1.29 is 29.0 Å². The molecule has 104 valence electrons. The molecule has 7 heteroatoms. The first-order valence-electron chi connectivity index (χ1n) is 6.01. The van der Waals surface area contributed by atoms with Crippen molar-refractivity contribution >= 4 is 17.8 Å². The first-order chi connectivity index (χ1) is 9.02. The van der Waals surface area contributed by atoms with Crippen molar-refractivity contribution in [3.8, 4) is 0 Å². The van der Waals surface area contributed by atoms with Gasteiger partial charge in [0.05, 0.1) is 19.6 Å². The van der Waals surface area contributed by atoms with Gasteiger partial charge in [0.2, 0.25) is 0 Å². The number of methoxy groups -OCH3 is 1. The Kier molecular flexibility index (Phi) is 3.73. The van der Waals surface area contributed by atoms with Crippen LogP contribution in [0, 0.1) is 0 Å². The fraction of sp³-hybridized carbons (Fsp3) is 0.583. The molecule has 2 heterocycles. The van der Waals surface area contributed by atoms with E-state index in [1.54, 1.807) is 0 Å². The molecule has 1 N–H and O–H groups in total. The summed E-state index contributed by atoms with van der Waals surface area (Å²) >= 11 is 0. The number of aliphatic carboxylic acids is 1. The minimum absolute atomic E-state index is 0.143. The zero-order valence-electron chi connectivity index (χ0n) is 10.5. The van der Waals surface area contributed by atoms with Crippen molar-refractivity contribution in [1.82, 2.24) is 4.90 Å². The van der Waals surface area contributed by atoms with Gasteiger partial charge >= 0.3 is 11.9 Å². The Labute approximate surface area is 109 Å². The molecular formula is C12H15NO6. The molecule has 7 nitrogen and oxygen atoms in total. The highest BCUT2D eigenvalue weighted by atomic mass is 16.6. The van der Waals surface area contributed by atoms with Crippen LogP contribution in [0.5, 0.6) is 0 Å². The van der Waals surface area contributed by atoms with Gasteiger partial charge in [-0.2, -0.15) is 0 Å². The molecule has 0 aliphatic carbocycles. The number of carboxylic acids is 1. The van der Waals surface area contributed by atoms with Gasteiger partial charge in [-0.3, -0.25) is 4.79 Å². The Morgan fingerprint density at radius 1 is 1.53 bits per heavy atom. The number of amides is 1. The van der Waals surface area contributed by atoms with E-state index in [0.717, 1.165) is 0 Å². The molecule has 1 fully saturated rings. The third kappa shape index (κ3) is 2.69. The molecule has 19 heavy (non-hydrogen) atoms. The summed E-state index contributed by atoms with van der Waals surface area (Å²) in [5.74, 6) is -1.79. The molecule has 0 aromatic heterocycles. The third-order valence-electron chi connectivity index (χ3n) is 3.28. The summed E-state index contributed by atoms with van der Waals surface area (Å²) in [6.07, 6.45) is 1.39. The standard InChI is InChI=1S/C12H15NO6/c1-18-7-5-9(19-10(14)6-7)11(15)13-4-2-3-8(13)12(16)17/h6,8-9H,2-5H2,1H3,(H,16,17)/t8-,9-/m0/s1. The summed E-state index contributed by atoms with van der Waals surface area (Å²) in [6, 6.07) is -0.830. The number of nitrogens with zero attached hydrogens (tertiary/aromatic N) is 1. The topological polar surface area (TPSA) is 93.1 Å². The summed E-state index contributed by atoms with van der Waals surface area (Å²) in [6.45, 7) is 0.371. The molecule has 0 bridgehead atoms. The molecule has 0 spiro atoms. The van der Waals surface area contributed by atoms with E-state index in [1.165, 1.54) is 18.1 Å². The molecule has 0 unspecified atom stereocenters. The molecule has 0 aromatic rings. The van der Waals surface area contributed by atoms with Crippen LogP contribution < -0.4 is 0 Å². The van der Waals surface area contributed by atoms with Crippen LogP contribution in [0.25, 0.3) is 0 Å². The van der Waals surface area contributed by atoms with Crippen LogP contribution in [-0.4, -0.2) is 53.7 Å². The lowest BCUT2D eigenvalue weighted by molar-refractivity contribution is -0.161. The summed E-state index contributed by atoms with van der Waals surface area (Å²) in [5.41, 5.74) is 0. The fourth-order valence-corrected chi connectivity index (χ4v) is 2.34. The predicted octanol–water partition coefficient (Wildman–Crippen LogP) is -0.0922. The number of cyclic esters (lactones) is 1. The first-order valence-corrected chi connectivity index (χ1v) is 6.01. The average Bonchev–Trinajstić information content (AvgIpc) is 2.86. The van der Waals surface area contributed by atoms with E-state index in [0.29, 0.717) is 25.1 Å². The van der Waals surface area contributed by atoms with E-state index < -0.39 is 30.0 Å². The van der Waals surface area contributed by atoms with Gasteiger partial charge in [-0.05, 0) is 12.8 Å². The lowest BCUT2D eigenvalue weighted by Gasteiger charge is -2.28. The molecule has 2 aliphatic heterocycles. The van der Waals surface area contributed by atoms with E-state index in [2.05, 4.69) is 0 Å². The number of ether oxygens (including phenoxy) is 2. The van der Waals surface area contributed by atoms with Crippen LogP contribution in [0.2, 0.25) is 0 Å². The Bertz CT molecular complexity index is 444. The highest BCUT2D eigenvalue weighted by Gasteiger charge is 2.39. The highest BCUT2D eigenvalue weighted by Crippen LogP contribution is 2.23. The number of hydrogen-bond donors (Lipinski definition) is 1. The van der Waals surface area contributed by atoms with E-state index in [-0.39, 0.29) is 6.42 Å². The number of carboxylic acid groups (broad SMARTS) is 1. The highest BCUT2D eigenvalue weighted by molar-refractivity contribution is 5.92. The van der Waals surface area contributed by atoms with Gasteiger partial charge < -0.3 is 19.5 Å². The van der Waals surface area contributed by atoms with Crippen LogP contribution in [0.3, 0.4) is 0 Å². The van der Waals surface area contributed by atoms with Gasteiger partial charge in [0.25, 0.3) is 5.91 Å². The number of hydrogen-bond acceptors (Lipinski definition) is 5. The van der Waals surface area contributed by atoms with Crippen molar-refractivity contribution in [2.75, 3.05) is 13.7 Å². The van der Waals surface area contributed by atoms with Gasteiger partial charge in [0.1, 0.15) is 11.8 Å². The second kappa shape index (κ2) is 5.29. The molecule has 1 amide bonds. The van der Waals surface area contributed by atoms with Gasteiger partial charge in [-0.15, -0.1) is 0 Å². The minimum Gasteiger partial charge on any atom is -0.501 e. The summed E-state index contributed by atoms with van der Waals surface area (Å²) in [4.78, 5) is 35.8. The molecule has 1 saturated heterocycles. The Hall–Kier alpha value is -2.05. The van der Waals surface area contributed by atoms with Gasteiger partial charge in [-0.25, -0.2) is 9.59 Å². The summed E-state index contributed by atoms with van der Waals surface area (Å²) in [5, 5.41) is 9.04. The van der Waals surface area contributed by atoms with Crippen LogP contribution in [0.1, 0.15) is 19.3 Å². The van der Waals surface area contributed by atoms with Gasteiger partial charge in [0, 0.05) is 6.54 Å². The van der Waals surface area contributed by atoms with E-state index in [1.807, 2.05) is 0 Å². The van der Waals surface area contributed by atoms with Gasteiger partial charge in [0.15, 0.2) is 6.10 Å². The monoisotopic (exact) mass is 269 g/mol. The number of carbonyl (C=O) groups is 3. The minimum atomic E-state index is -1.03. The Morgan fingerprint density at radius 2 is 2.26 bits per heavy atom. The average molecular weight is 269 g/mol. The quantitative estimate of drug-likeness (QED) is 0.720. The van der Waals surface area contributed by atoms with Gasteiger partial charge in [-0.1, -0.05) is 0 Å². The van der Waals surface area contributed by atoms with Crippen LogP contribution in [0.4, 0.5) is 0 Å². The lowest BCUT2D eigenvalue weighted by Crippen LogP contribution is -2.47. The molecule has 0 saturated carbocycles. The number of likely N-dealkylation sites (tertiary alicyclic amines) is 1. The smallest absolute Gasteiger partial charge is 0.334 e. The SMILES string of the molecule is COC1=CC(=O)O[C@H](C(=O)N2CCC[C@H]2C(=O)O)C1. The van der Waals surface area contributed by atoms with Crippen LogP contribution in [0.15, 0.2) is 11.8 Å². The molecule has 2 atom stereocenters. The maximum atomic E-state index is 12.2. The zero-order chi connectivity index (χ0) is 14.0. The second-order valence-electron chi connectivity index (χ2n) is 4.47. The van der Waals surface area contributed by atoms with Crippen molar-refractivity contribution in [1.29, 1.82) is 0 Å².